The summed E-state index contributed by atoms with van der Waals surface area (Å²) in [4.78, 5) is 10.9. The summed E-state index contributed by atoms with van der Waals surface area (Å²) in [6.45, 7) is 2.55. The van der Waals surface area contributed by atoms with E-state index in [2.05, 4.69) is 5.32 Å². The highest BCUT2D eigenvalue weighted by Crippen LogP contribution is 2.16. The Kier molecular flexibility index (Phi) is 5.01. The second kappa shape index (κ2) is 6.95. The van der Waals surface area contributed by atoms with Gasteiger partial charge in [0, 0.05) is 17.3 Å². The summed E-state index contributed by atoms with van der Waals surface area (Å²) in [5, 5.41) is 12.9. The summed E-state index contributed by atoms with van der Waals surface area (Å²) >= 11 is 5.83. The molecular formula is C17H16ClNO2. The van der Waals surface area contributed by atoms with E-state index in [0.29, 0.717) is 12.1 Å². The smallest absolute Gasteiger partial charge is 0.335 e. The van der Waals surface area contributed by atoms with Crippen LogP contribution >= 0.6 is 11.6 Å². The van der Waals surface area contributed by atoms with Crippen LogP contribution in [0.4, 0.5) is 5.69 Å². The maximum Gasteiger partial charge on any atom is 0.335 e. The number of aryl methyl sites for hydroxylation is 1. The van der Waals surface area contributed by atoms with Gasteiger partial charge in [-0.05, 0) is 48.4 Å². The van der Waals surface area contributed by atoms with Crippen molar-refractivity contribution in [2.24, 2.45) is 0 Å². The number of hydrogen-bond donors (Lipinski definition) is 2. The molecule has 0 saturated heterocycles. The number of halogens is 1. The molecule has 0 aliphatic rings. The quantitative estimate of drug-likeness (QED) is 0.856. The maximum atomic E-state index is 10.9. The number of nitrogens with one attached hydrogen (secondary N) is 1. The number of carboxylic acid groups (broad SMARTS) is 1. The molecule has 0 aromatic heterocycles. The molecule has 2 aromatic carbocycles. The van der Waals surface area contributed by atoms with E-state index in [1.165, 1.54) is 0 Å². The SMILES string of the molecule is Cc1cc(C(=O)O)ccc1NC/C=C/c1ccc(Cl)cc1. The van der Waals surface area contributed by atoms with Gasteiger partial charge in [-0.15, -0.1) is 0 Å². The van der Waals surface area contributed by atoms with Gasteiger partial charge in [0.1, 0.15) is 0 Å². The predicted molar refractivity (Wildman–Crippen MR) is 87.1 cm³/mol. The van der Waals surface area contributed by atoms with Gasteiger partial charge in [0.15, 0.2) is 0 Å². The van der Waals surface area contributed by atoms with Gasteiger partial charge < -0.3 is 10.4 Å². The average Bonchev–Trinajstić information content (AvgIpc) is 2.46. The zero-order valence-corrected chi connectivity index (χ0v) is 12.4. The number of carbonyl (C=O) groups is 1. The molecule has 3 nitrogen and oxygen atoms in total. The van der Waals surface area contributed by atoms with E-state index >= 15 is 0 Å². The average molecular weight is 302 g/mol. The first kappa shape index (κ1) is 15.1. The third kappa shape index (κ3) is 4.36. The van der Waals surface area contributed by atoms with Crippen molar-refractivity contribution in [1.29, 1.82) is 0 Å². The highest BCUT2D eigenvalue weighted by molar-refractivity contribution is 6.30. The molecule has 0 heterocycles. The molecule has 2 N–H and O–H groups in total. The van der Waals surface area contributed by atoms with E-state index in [4.69, 9.17) is 16.7 Å². The third-order valence-electron chi connectivity index (χ3n) is 3.06. The third-order valence-corrected chi connectivity index (χ3v) is 3.32. The summed E-state index contributed by atoms with van der Waals surface area (Å²) < 4.78 is 0. The van der Waals surface area contributed by atoms with Crippen molar-refractivity contribution in [3.8, 4) is 0 Å². The molecule has 2 rings (SSSR count). The maximum absolute atomic E-state index is 10.9. The van der Waals surface area contributed by atoms with Crippen LogP contribution in [0.15, 0.2) is 48.5 Å². The molecule has 0 unspecified atom stereocenters. The molecular weight excluding hydrogens is 286 g/mol. The topological polar surface area (TPSA) is 49.3 Å². The summed E-state index contributed by atoms with van der Waals surface area (Å²) in [7, 11) is 0. The number of hydrogen-bond acceptors (Lipinski definition) is 2. The van der Waals surface area contributed by atoms with Crippen molar-refractivity contribution in [2.75, 3.05) is 11.9 Å². The normalized spacial score (nSPS) is 10.8. The number of anilines is 1. The van der Waals surface area contributed by atoms with Gasteiger partial charge in [-0.1, -0.05) is 35.9 Å². The molecule has 0 saturated carbocycles. The fraction of sp³-hybridized carbons (Fsp3) is 0.118. The first-order chi connectivity index (χ1) is 10.1. The van der Waals surface area contributed by atoms with Gasteiger partial charge >= 0.3 is 5.97 Å². The van der Waals surface area contributed by atoms with Crippen LogP contribution in [-0.2, 0) is 0 Å². The van der Waals surface area contributed by atoms with E-state index in [-0.39, 0.29) is 0 Å². The predicted octanol–water partition coefficient (Wildman–Crippen LogP) is 4.47. The largest absolute Gasteiger partial charge is 0.478 e. The molecule has 2 aromatic rings. The standard InChI is InChI=1S/C17H16ClNO2/c1-12-11-14(17(20)21)6-9-16(12)19-10-2-3-13-4-7-15(18)8-5-13/h2-9,11,19H,10H2,1H3,(H,20,21)/b3-2+. The highest BCUT2D eigenvalue weighted by Gasteiger charge is 2.04. The van der Waals surface area contributed by atoms with Crippen molar-refractivity contribution in [1.82, 2.24) is 0 Å². The Hall–Kier alpha value is -2.26. The van der Waals surface area contributed by atoms with Crippen molar-refractivity contribution in [2.45, 2.75) is 6.92 Å². The van der Waals surface area contributed by atoms with Crippen molar-refractivity contribution >= 4 is 29.3 Å². The molecule has 0 atom stereocenters. The highest BCUT2D eigenvalue weighted by atomic mass is 35.5. The van der Waals surface area contributed by atoms with Crippen LogP contribution in [-0.4, -0.2) is 17.6 Å². The lowest BCUT2D eigenvalue weighted by molar-refractivity contribution is 0.0697. The van der Waals surface area contributed by atoms with Crippen LogP contribution in [0.2, 0.25) is 5.02 Å². The van der Waals surface area contributed by atoms with Crippen LogP contribution in [0.25, 0.3) is 6.08 Å². The van der Waals surface area contributed by atoms with E-state index in [1.807, 2.05) is 43.3 Å². The molecule has 0 spiro atoms. The Labute approximate surface area is 128 Å². The van der Waals surface area contributed by atoms with Gasteiger partial charge in [0.05, 0.1) is 5.56 Å². The molecule has 21 heavy (non-hydrogen) atoms. The fourth-order valence-electron chi connectivity index (χ4n) is 1.93. The minimum Gasteiger partial charge on any atom is -0.478 e. The zero-order valence-electron chi connectivity index (χ0n) is 11.6. The first-order valence-corrected chi connectivity index (χ1v) is 6.94. The Balaban J connectivity index is 1.94. The second-order valence-corrected chi connectivity index (χ2v) is 5.11. The Morgan fingerprint density at radius 3 is 2.57 bits per heavy atom. The number of aromatic carboxylic acids is 1. The van der Waals surface area contributed by atoms with Crippen LogP contribution in [0.1, 0.15) is 21.5 Å². The van der Waals surface area contributed by atoms with Crippen molar-refractivity contribution < 1.29 is 9.90 Å². The molecule has 0 bridgehead atoms. The van der Waals surface area contributed by atoms with E-state index in [0.717, 1.165) is 21.8 Å². The lowest BCUT2D eigenvalue weighted by Gasteiger charge is -2.08. The molecule has 0 aliphatic carbocycles. The molecule has 108 valence electrons. The minimum absolute atomic E-state index is 0.301. The molecule has 4 heteroatoms. The summed E-state index contributed by atoms with van der Waals surface area (Å²) in [5.74, 6) is -0.910. The monoisotopic (exact) mass is 301 g/mol. The van der Waals surface area contributed by atoms with Gasteiger partial charge in [-0.3, -0.25) is 0 Å². The fourth-order valence-corrected chi connectivity index (χ4v) is 2.06. The van der Waals surface area contributed by atoms with Gasteiger partial charge in [0.25, 0.3) is 0 Å². The number of benzene rings is 2. The van der Waals surface area contributed by atoms with E-state index in [9.17, 15) is 4.79 Å². The molecule has 0 aliphatic heterocycles. The Morgan fingerprint density at radius 1 is 1.24 bits per heavy atom. The van der Waals surface area contributed by atoms with E-state index in [1.54, 1.807) is 18.2 Å². The van der Waals surface area contributed by atoms with Crippen LogP contribution in [0.3, 0.4) is 0 Å². The van der Waals surface area contributed by atoms with Gasteiger partial charge in [-0.25, -0.2) is 4.79 Å². The zero-order chi connectivity index (χ0) is 15.2. The minimum atomic E-state index is -0.910. The van der Waals surface area contributed by atoms with Crippen LogP contribution < -0.4 is 5.32 Å². The molecule has 0 amide bonds. The second-order valence-electron chi connectivity index (χ2n) is 4.67. The summed E-state index contributed by atoms with van der Waals surface area (Å²) in [6.07, 6.45) is 4.01. The first-order valence-electron chi connectivity index (χ1n) is 6.56. The van der Waals surface area contributed by atoms with Gasteiger partial charge in [-0.2, -0.15) is 0 Å². The number of carboxylic acids is 1. The van der Waals surface area contributed by atoms with Crippen molar-refractivity contribution in [3.63, 3.8) is 0 Å². The molecule has 0 radical (unpaired) electrons. The van der Waals surface area contributed by atoms with Crippen LogP contribution in [0.5, 0.6) is 0 Å². The summed E-state index contributed by atoms with van der Waals surface area (Å²) in [6, 6.07) is 12.6. The lowest BCUT2D eigenvalue weighted by atomic mass is 10.1. The van der Waals surface area contributed by atoms with Crippen LogP contribution in [0, 0.1) is 6.92 Å². The Morgan fingerprint density at radius 2 is 1.95 bits per heavy atom. The Bertz CT molecular complexity index is 663. The van der Waals surface area contributed by atoms with Gasteiger partial charge in [0.2, 0.25) is 0 Å². The summed E-state index contributed by atoms with van der Waals surface area (Å²) in [5.41, 5.74) is 3.23. The van der Waals surface area contributed by atoms with Crippen molar-refractivity contribution in [3.05, 3.63) is 70.3 Å². The lowest BCUT2D eigenvalue weighted by Crippen LogP contribution is -2.02. The van der Waals surface area contributed by atoms with E-state index < -0.39 is 5.97 Å². The molecule has 0 fully saturated rings. The number of rotatable bonds is 5.